The summed E-state index contributed by atoms with van der Waals surface area (Å²) in [5, 5.41) is 0.429. The molecule has 0 saturated carbocycles. The van der Waals surface area contributed by atoms with Gasteiger partial charge >= 0.3 is 6.09 Å². The van der Waals surface area contributed by atoms with Crippen LogP contribution in [0.2, 0.25) is 5.02 Å². The lowest BCUT2D eigenvalue weighted by Gasteiger charge is -2.28. The van der Waals surface area contributed by atoms with Crippen LogP contribution in [0.25, 0.3) is 0 Å². The average Bonchev–Trinajstić information content (AvgIpc) is 2.48. The summed E-state index contributed by atoms with van der Waals surface area (Å²) in [5.74, 6) is -0.0810. The number of ketones is 1. The van der Waals surface area contributed by atoms with Crippen LogP contribution in [0.3, 0.4) is 0 Å². The van der Waals surface area contributed by atoms with Crippen LogP contribution in [0.1, 0.15) is 38.1 Å². The zero-order valence-corrected chi connectivity index (χ0v) is 15.3. The maximum absolute atomic E-state index is 12.8. The molecule has 1 aromatic carbocycles. The van der Waals surface area contributed by atoms with Gasteiger partial charge in [-0.2, -0.15) is 0 Å². The summed E-state index contributed by atoms with van der Waals surface area (Å²) in [7, 11) is 0. The molecule has 0 aliphatic carbocycles. The Morgan fingerprint density at radius 2 is 1.92 bits per heavy atom. The second-order valence-electron chi connectivity index (χ2n) is 6.45. The first-order chi connectivity index (χ1) is 11.6. The van der Waals surface area contributed by atoms with E-state index in [0.717, 1.165) is 0 Å². The highest BCUT2D eigenvalue weighted by Crippen LogP contribution is 2.34. The van der Waals surface area contributed by atoms with Gasteiger partial charge in [0.05, 0.1) is 16.9 Å². The number of hydrogen-bond acceptors (Lipinski definition) is 5. The first-order valence-electron chi connectivity index (χ1n) is 7.64. The largest absolute Gasteiger partial charge is 0.443 e. The zero-order chi connectivity index (χ0) is 18.8. The lowest BCUT2D eigenvalue weighted by Crippen LogP contribution is -2.35. The van der Waals surface area contributed by atoms with Crippen molar-refractivity contribution in [2.24, 2.45) is 0 Å². The third-order valence-electron chi connectivity index (χ3n) is 3.18. The number of aromatic nitrogens is 1. The number of carbonyl (C=O) groups is 2. The molecule has 2 aromatic rings. The zero-order valence-electron chi connectivity index (χ0n) is 14.5. The van der Waals surface area contributed by atoms with Crippen LogP contribution in [-0.4, -0.2) is 22.5 Å². The van der Waals surface area contributed by atoms with E-state index in [-0.39, 0.29) is 22.9 Å². The topological polar surface area (TPSA) is 85.5 Å². The Labute approximate surface area is 151 Å². The molecule has 1 aromatic heterocycles. The molecule has 2 rings (SSSR count). The van der Waals surface area contributed by atoms with Crippen molar-refractivity contribution >= 4 is 40.7 Å². The third kappa shape index (κ3) is 4.48. The quantitative estimate of drug-likeness (QED) is 0.638. The number of benzene rings is 1. The molecule has 6 nitrogen and oxygen atoms in total. The summed E-state index contributed by atoms with van der Waals surface area (Å²) in [6, 6.07) is 7.92. The molecule has 0 fully saturated rings. The van der Waals surface area contributed by atoms with Gasteiger partial charge in [0.1, 0.15) is 5.60 Å². The number of ether oxygens (including phenoxy) is 1. The second-order valence-corrected chi connectivity index (χ2v) is 6.89. The average molecular weight is 362 g/mol. The number of pyridine rings is 1. The lowest BCUT2D eigenvalue weighted by molar-refractivity contribution is 0.0598. The van der Waals surface area contributed by atoms with Crippen molar-refractivity contribution < 1.29 is 14.3 Å². The summed E-state index contributed by atoms with van der Waals surface area (Å²) in [6.07, 6.45) is 0.799. The number of anilines is 3. The monoisotopic (exact) mass is 361 g/mol. The fourth-order valence-corrected chi connectivity index (χ4v) is 2.37. The van der Waals surface area contributed by atoms with Gasteiger partial charge in [-0.25, -0.2) is 14.7 Å². The van der Waals surface area contributed by atoms with E-state index in [2.05, 4.69) is 4.98 Å². The van der Waals surface area contributed by atoms with Gasteiger partial charge in [0.15, 0.2) is 11.6 Å². The molecule has 0 radical (unpaired) electrons. The number of Topliss-reactive ketones (excluding diaryl/α,β-unsaturated/α-hetero) is 1. The SMILES string of the molecule is CC(=O)c1cccnc1N(C(=O)OC(C)(C)C)c1ccc(Cl)cc1N. The van der Waals surface area contributed by atoms with E-state index in [1.165, 1.54) is 24.1 Å². The Morgan fingerprint density at radius 3 is 2.48 bits per heavy atom. The highest BCUT2D eigenvalue weighted by molar-refractivity contribution is 6.31. The summed E-state index contributed by atoms with van der Waals surface area (Å²) >= 11 is 5.95. The Kier molecular flexibility index (Phi) is 5.33. The number of nitrogens with two attached hydrogens (primary N) is 1. The summed E-state index contributed by atoms with van der Waals surface area (Å²) in [6.45, 7) is 6.65. The summed E-state index contributed by atoms with van der Waals surface area (Å²) in [4.78, 5) is 30.2. The lowest BCUT2D eigenvalue weighted by atomic mass is 10.1. The van der Waals surface area contributed by atoms with Crippen LogP contribution in [0.15, 0.2) is 36.5 Å². The van der Waals surface area contributed by atoms with Gasteiger partial charge in [0.2, 0.25) is 0 Å². The van der Waals surface area contributed by atoms with Gasteiger partial charge in [0, 0.05) is 11.2 Å². The molecule has 0 atom stereocenters. The van der Waals surface area contributed by atoms with Gasteiger partial charge in [-0.1, -0.05) is 11.6 Å². The molecule has 0 bridgehead atoms. The molecule has 0 saturated heterocycles. The highest BCUT2D eigenvalue weighted by atomic mass is 35.5. The molecule has 1 amide bonds. The number of rotatable bonds is 3. The fourth-order valence-electron chi connectivity index (χ4n) is 2.19. The van der Waals surface area contributed by atoms with E-state index >= 15 is 0 Å². The first kappa shape index (κ1) is 18.7. The Hall–Kier alpha value is -2.60. The fraction of sp³-hybridized carbons (Fsp3) is 0.278. The minimum Gasteiger partial charge on any atom is -0.443 e. The molecule has 25 heavy (non-hydrogen) atoms. The van der Waals surface area contributed by atoms with Crippen molar-refractivity contribution in [3.63, 3.8) is 0 Å². The van der Waals surface area contributed by atoms with E-state index in [0.29, 0.717) is 10.7 Å². The highest BCUT2D eigenvalue weighted by Gasteiger charge is 2.29. The van der Waals surface area contributed by atoms with E-state index in [1.807, 2.05) is 0 Å². The van der Waals surface area contributed by atoms with Crippen LogP contribution >= 0.6 is 11.6 Å². The van der Waals surface area contributed by atoms with Crippen LogP contribution in [0, 0.1) is 0 Å². The number of amides is 1. The molecular weight excluding hydrogens is 342 g/mol. The van der Waals surface area contributed by atoms with Crippen molar-refractivity contribution in [2.75, 3.05) is 10.6 Å². The maximum atomic E-state index is 12.8. The number of nitrogen functional groups attached to an aromatic ring is 1. The molecule has 7 heteroatoms. The summed E-state index contributed by atoms with van der Waals surface area (Å²) in [5.41, 5.74) is 6.18. The minimum atomic E-state index is -0.734. The van der Waals surface area contributed by atoms with Crippen molar-refractivity contribution in [2.45, 2.75) is 33.3 Å². The molecule has 0 aliphatic rings. The Bertz CT molecular complexity index is 815. The summed E-state index contributed by atoms with van der Waals surface area (Å²) < 4.78 is 5.48. The van der Waals surface area contributed by atoms with Crippen molar-refractivity contribution in [3.8, 4) is 0 Å². The van der Waals surface area contributed by atoms with Crippen LogP contribution in [0.4, 0.5) is 22.0 Å². The standard InChI is InChI=1S/C18H20ClN3O3/c1-11(23)13-6-5-9-21-16(13)22(17(24)25-18(2,3)4)15-8-7-12(19)10-14(15)20/h5-10H,20H2,1-4H3. The smallest absolute Gasteiger partial charge is 0.420 e. The predicted molar refractivity (Wildman–Crippen MR) is 98.5 cm³/mol. The number of halogens is 1. The minimum absolute atomic E-state index is 0.151. The van der Waals surface area contributed by atoms with Gasteiger partial charge in [-0.15, -0.1) is 0 Å². The Morgan fingerprint density at radius 1 is 1.24 bits per heavy atom. The van der Waals surface area contributed by atoms with Gasteiger partial charge in [-0.3, -0.25) is 4.79 Å². The third-order valence-corrected chi connectivity index (χ3v) is 3.42. The van der Waals surface area contributed by atoms with E-state index in [9.17, 15) is 9.59 Å². The number of carbonyl (C=O) groups excluding carboxylic acids is 2. The van der Waals surface area contributed by atoms with Crippen molar-refractivity contribution in [1.29, 1.82) is 0 Å². The first-order valence-corrected chi connectivity index (χ1v) is 8.02. The second kappa shape index (κ2) is 7.11. The van der Waals surface area contributed by atoms with E-state index in [4.69, 9.17) is 22.1 Å². The molecule has 1 heterocycles. The maximum Gasteiger partial charge on any atom is 0.420 e. The van der Waals surface area contributed by atoms with Gasteiger partial charge in [0.25, 0.3) is 0 Å². The Balaban J connectivity index is 2.65. The van der Waals surface area contributed by atoms with Crippen LogP contribution < -0.4 is 10.6 Å². The predicted octanol–water partition coefficient (Wildman–Crippen LogP) is 4.59. The van der Waals surface area contributed by atoms with Crippen molar-refractivity contribution in [3.05, 3.63) is 47.1 Å². The van der Waals surface area contributed by atoms with Crippen LogP contribution in [-0.2, 0) is 4.74 Å². The molecule has 0 unspecified atom stereocenters. The van der Waals surface area contributed by atoms with E-state index in [1.54, 1.807) is 45.0 Å². The van der Waals surface area contributed by atoms with Crippen LogP contribution in [0.5, 0.6) is 0 Å². The van der Waals surface area contributed by atoms with Crippen molar-refractivity contribution in [1.82, 2.24) is 4.98 Å². The molecule has 2 N–H and O–H groups in total. The van der Waals surface area contributed by atoms with Gasteiger partial charge < -0.3 is 10.5 Å². The molecule has 0 spiro atoms. The molecule has 132 valence electrons. The normalized spacial score (nSPS) is 11.1. The molecule has 0 aliphatic heterocycles. The van der Waals surface area contributed by atoms with E-state index < -0.39 is 11.7 Å². The number of nitrogens with zero attached hydrogens (tertiary/aromatic N) is 2. The molecular formula is C18H20ClN3O3. The number of hydrogen-bond donors (Lipinski definition) is 1. The van der Waals surface area contributed by atoms with Gasteiger partial charge in [-0.05, 0) is 58.0 Å².